The SMILES string of the molecule is COc1ccc(S(=O)(=O)Cl)cc1C(=O)NC(C)(C)C1CC1. The molecule has 1 aromatic carbocycles. The summed E-state index contributed by atoms with van der Waals surface area (Å²) in [6.07, 6.45) is 2.17. The van der Waals surface area contributed by atoms with Gasteiger partial charge in [-0.15, -0.1) is 0 Å². The van der Waals surface area contributed by atoms with Crippen LogP contribution in [0.25, 0.3) is 0 Å². The van der Waals surface area contributed by atoms with E-state index in [-0.39, 0.29) is 21.9 Å². The molecule has 1 saturated carbocycles. The average Bonchev–Trinajstić information content (AvgIpc) is 3.20. The number of carbonyl (C=O) groups excluding carboxylic acids is 1. The Bertz CT molecular complexity index is 666. The lowest BCUT2D eigenvalue weighted by molar-refractivity contribution is 0.0900. The van der Waals surface area contributed by atoms with E-state index in [1.807, 2.05) is 13.8 Å². The molecule has 0 spiro atoms. The van der Waals surface area contributed by atoms with Crippen LogP contribution in [0.15, 0.2) is 23.1 Å². The van der Waals surface area contributed by atoms with Gasteiger partial charge in [0.05, 0.1) is 17.6 Å². The van der Waals surface area contributed by atoms with Crippen LogP contribution in [-0.2, 0) is 9.05 Å². The molecule has 116 valence electrons. The zero-order valence-corrected chi connectivity index (χ0v) is 13.7. The summed E-state index contributed by atoms with van der Waals surface area (Å²) in [5.41, 5.74) is -0.175. The number of amides is 1. The molecule has 1 aliphatic carbocycles. The van der Waals surface area contributed by atoms with Gasteiger partial charge in [-0.25, -0.2) is 8.42 Å². The van der Waals surface area contributed by atoms with E-state index >= 15 is 0 Å². The number of benzene rings is 1. The second-order valence-electron chi connectivity index (χ2n) is 5.75. The fourth-order valence-corrected chi connectivity index (χ4v) is 3.06. The van der Waals surface area contributed by atoms with Crippen LogP contribution >= 0.6 is 10.7 Å². The number of nitrogens with one attached hydrogen (secondary N) is 1. The normalized spacial score (nSPS) is 15.6. The topological polar surface area (TPSA) is 72.5 Å². The average molecular weight is 332 g/mol. The Balaban J connectivity index is 2.34. The minimum atomic E-state index is -3.89. The molecule has 7 heteroatoms. The van der Waals surface area contributed by atoms with Gasteiger partial charge in [0.1, 0.15) is 5.75 Å². The highest BCUT2D eigenvalue weighted by Crippen LogP contribution is 2.39. The van der Waals surface area contributed by atoms with Crippen LogP contribution in [0.1, 0.15) is 37.0 Å². The summed E-state index contributed by atoms with van der Waals surface area (Å²) in [6, 6.07) is 3.97. The van der Waals surface area contributed by atoms with Gasteiger partial charge in [0.25, 0.3) is 15.0 Å². The first-order valence-electron chi connectivity index (χ1n) is 6.60. The predicted octanol–water partition coefficient (Wildman–Crippen LogP) is 2.54. The summed E-state index contributed by atoms with van der Waals surface area (Å²) < 4.78 is 27.9. The van der Waals surface area contributed by atoms with Crippen molar-refractivity contribution >= 4 is 25.6 Å². The van der Waals surface area contributed by atoms with Gasteiger partial charge in [-0.3, -0.25) is 4.79 Å². The van der Waals surface area contributed by atoms with Crippen LogP contribution in [0.4, 0.5) is 0 Å². The van der Waals surface area contributed by atoms with Crippen molar-refractivity contribution in [2.45, 2.75) is 37.1 Å². The van der Waals surface area contributed by atoms with Crippen molar-refractivity contribution in [1.29, 1.82) is 0 Å². The summed E-state index contributed by atoms with van der Waals surface area (Å²) in [7, 11) is 2.85. The second-order valence-corrected chi connectivity index (χ2v) is 8.32. The van der Waals surface area contributed by atoms with Crippen molar-refractivity contribution in [1.82, 2.24) is 5.32 Å². The second kappa shape index (κ2) is 5.50. The summed E-state index contributed by atoms with van der Waals surface area (Å²) >= 11 is 0. The number of methoxy groups -OCH3 is 1. The summed E-state index contributed by atoms with van der Waals surface area (Å²) in [4.78, 5) is 12.3. The Hall–Kier alpha value is -1.27. The maximum absolute atomic E-state index is 12.4. The first kappa shape index (κ1) is 16.1. The van der Waals surface area contributed by atoms with Crippen LogP contribution < -0.4 is 10.1 Å². The minimum absolute atomic E-state index is 0.126. The van der Waals surface area contributed by atoms with Crippen LogP contribution in [0, 0.1) is 5.92 Å². The molecule has 1 aliphatic rings. The minimum Gasteiger partial charge on any atom is -0.496 e. The van der Waals surface area contributed by atoms with E-state index in [0.29, 0.717) is 11.7 Å². The predicted molar refractivity (Wildman–Crippen MR) is 80.3 cm³/mol. The van der Waals surface area contributed by atoms with Crippen LogP contribution in [-0.4, -0.2) is 27.0 Å². The molecule has 1 aromatic rings. The van der Waals surface area contributed by atoms with Gasteiger partial charge in [-0.05, 0) is 50.8 Å². The highest BCUT2D eigenvalue weighted by atomic mass is 35.7. The molecule has 0 aromatic heterocycles. The third-order valence-corrected chi connectivity index (χ3v) is 5.08. The molecule has 1 fully saturated rings. The molecule has 0 unspecified atom stereocenters. The molecular formula is C14H18ClNO4S. The van der Waals surface area contributed by atoms with Crippen molar-refractivity contribution < 1.29 is 17.9 Å². The first-order chi connectivity index (χ1) is 9.65. The molecule has 2 rings (SSSR count). The quantitative estimate of drug-likeness (QED) is 0.841. The number of halogens is 1. The van der Waals surface area contributed by atoms with Crippen molar-refractivity contribution in [2.24, 2.45) is 5.92 Å². The van der Waals surface area contributed by atoms with E-state index in [9.17, 15) is 13.2 Å². The molecule has 5 nitrogen and oxygen atoms in total. The molecule has 0 saturated heterocycles. The Labute approximate surface area is 129 Å². The van der Waals surface area contributed by atoms with E-state index in [1.54, 1.807) is 0 Å². The maximum atomic E-state index is 12.4. The van der Waals surface area contributed by atoms with Crippen LogP contribution in [0.2, 0.25) is 0 Å². The molecule has 0 heterocycles. The number of ether oxygens (including phenoxy) is 1. The molecule has 21 heavy (non-hydrogen) atoms. The van der Waals surface area contributed by atoms with E-state index < -0.39 is 9.05 Å². The fourth-order valence-electron chi connectivity index (χ4n) is 2.28. The highest BCUT2D eigenvalue weighted by molar-refractivity contribution is 8.13. The van der Waals surface area contributed by atoms with E-state index in [4.69, 9.17) is 15.4 Å². The largest absolute Gasteiger partial charge is 0.496 e. The first-order valence-corrected chi connectivity index (χ1v) is 8.91. The van der Waals surface area contributed by atoms with Gasteiger partial charge in [0.15, 0.2) is 0 Å². The zero-order valence-electron chi connectivity index (χ0n) is 12.1. The van der Waals surface area contributed by atoms with E-state index in [0.717, 1.165) is 12.8 Å². The van der Waals surface area contributed by atoms with Gasteiger partial charge in [0, 0.05) is 16.2 Å². The summed E-state index contributed by atoms with van der Waals surface area (Å²) in [5.74, 6) is 0.390. The van der Waals surface area contributed by atoms with Gasteiger partial charge < -0.3 is 10.1 Å². The van der Waals surface area contributed by atoms with Gasteiger partial charge in [-0.1, -0.05) is 0 Å². The summed E-state index contributed by atoms with van der Waals surface area (Å²) in [6.45, 7) is 3.91. The van der Waals surface area contributed by atoms with E-state index in [1.165, 1.54) is 25.3 Å². The lowest BCUT2D eigenvalue weighted by Gasteiger charge is -2.26. The number of hydrogen-bond donors (Lipinski definition) is 1. The fraction of sp³-hybridized carbons (Fsp3) is 0.500. The third kappa shape index (κ3) is 3.68. The van der Waals surface area contributed by atoms with Gasteiger partial charge in [0.2, 0.25) is 0 Å². The van der Waals surface area contributed by atoms with Crippen molar-refractivity contribution in [3.8, 4) is 5.75 Å². The number of carbonyl (C=O) groups is 1. The molecular weight excluding hydrogens is 314 g/mol. The molecule has 0 aliphatic heterocycles. The van der Waals surface area contributed by atoms with Crippen molar-refractivity contribution in [3.05, 3.63) is 23.8 Å². The molecule has 0 atom stereocenters. The van der Waals surface area contributed by atoms with Crippen LogP contribution in [0.3, 0.4) is 0 Å². The Morgan fingerprint density at radius 1 is 1.38 bits per heavy atom. The molecule has 0 radical (unpaired) electrons. The molecule has 1 amide bonds. The number of hydrogen-bond acceptors (Lipinski definition) is 4. The lowest BCUT2D eigenvalue weighted by Crippen LogP contribution is -2.45. The zero-order chi connectivity index (χ0) is 15.8. The van der Waals surface area contributed by atoms with Crippen LogP contribution in [0.5, 0.6) is 5.75 Å². The van der Waals surface area contributed by atoms with Crippen molar-refractivity contribution in [2.75, 3.05) is 7.11 Å². The smallest absolute Gasteiger partial charge is 0.261 e. The lowest BCUT2D eigenvalue weighted by atomic mass is 9.98. The standard InChI is InChI=1S/C14H18ClNO4S/c1-14(2,9-4-5-9)16-13(17)11-8-10(21(15,18)19)6-7-12(11)20-3/h6-9H,4-5H2,1-3H3,(H,16,17). The molecule has 0 bridgehead atoms. The maximum Gasteiger partial charge on any atom is 0.261 e. The van der Waals surface area contributed by atoms with Crippen molar-refractivity contribution in [3.63, 3.8) is 0 Å². The highest BCUT2D eigenvalue weighted by Gasteiger charge is 2.39. The van der Waals surface area contributed by atoms with Gasteiger partial charge in [-0.2, -0.15) is 0 Å². The molecule has 1 N–H and O–H groups in total. The van der Waals surface area contributed by atoms with E-state index in [2.05, 4.69) is 5.32 Å². The van der Waals surface area contributed by atoms with Gasteiger partial charge >= 0.3 is 0 Å². The third-order valence-electron chi connectivity index (χ3n) is 3.73. The Kier molecular flexibility index (Phi) is 4.22. The Morgan fingerprint density at radius 2 is 2.00 bits per heavy atom. The number of rotatable bonds is 5. The monoisotopic (exact) mass is 331 g/mol. The Morgan fingerprint density at radius 3 is 2.48 bits per heavy atom. The summed E-state index contributed by atoms with van der Waals surface area (Å²) in [5, 5.41) is 2.93.